The minimum absolute atomic E-state index is 0.00926. The number of hydrogen-bond donors (Lipinski definition) is 1. The van der Waals surface area contributed by atoms with Crippen molar-refractivity contribution in [1.29, 1.82) is 0 Å². The minimum atomic E-state index is -3.75. The van der Waals surface area contributed by atoms with Crippen molar-refractivity contribution in [2.45, 2.75) is 51.1 Å². The summed E-state index contributed by atoms with van der Waals surface area (Å²) in [5.41, 5.74) is 0.894. The summed E-state index contributed by atoms with van der Waals surface area (Å²) in [4.78, 5) is 12.9. The topological polar surface area (TPSA) is 84.9 Å². The lowest BCUT2D eigenvalue weighted by atomic mass is 10.1. The van der Waals surface area contributed by atoms with Gasteiger partial charge in [0.2, 0.25) is 10.0 Å². The quantitative estimate of drug-likeness (QED) is 0.532. The maximum Gasteiger partial charge on any atom is 0.253 e. The number of sulfonamides is 1. The second-order valence-corrected chi connectivity index (χ2v) is 10.1. The summed E-state index contributed by atoms with van der Waals surface area (Å²) in [6, 6.07) is 8.96. The molecule has 1 unspecified atom stereocenters. The molecule has 0 bridgehead atoms. The van der Waals surface area contributed by atoms with E-state index >= 15 is 0 Å². The van der Waals surface area contributed by atoms with Crippen molar-refractivity contribution in [3.8, 4) is 11.5 Å². The highest BCUT2D eigenvalue weighted by Gasteiger charge is 2.25. The van der Waals surface area contributed by atoms with Crippen molar-refractivity contribution in [1.82, 2.24) is 9.62 Å². The average molecular weight is 483 g/mol. The molecule has 2 aromatic carbocycles. The Kier molecular flexibility index (Phi) is 8.95. The fourth-order valence-corrected chi connectivity index (χ4v) is 4.52. The van der Waals surface area contributed by atoms with Crippen LogP contribution < -0.4 is 14.8 Å². The van der Waals surface area contributed by atoms with Crippen LogP contribution in [0, 0.1) is 0 Å². The molecule has 0 aromatic heterocycles. The molecule has 0 saturated heterocycles. The first kappa shape index (κ1) is 26.0. The summed E-state index contributed by atoms with van der Waals surface area (Å²) in [7, 11) is -0.695. The van der Waals surface area contributed by atoms with Gasteiger partial charge in [0, 0.05) is 13.1 Å². The van der Waals surface area contributed by atoms with Crippen LogP contribution in [-0.4, -0.2) is 45.4 Å². The maximum absolute atomic E-state index is 12.9. The zero-order chi connectivity index (χ0) is 24.1. The fourth-order valence-electron chi connectivity index (χ4n) is 2.93. The van der Waals surface area contributed by atoms with Crippen molar-refractivity contribution in [3.63, 3.8) is 0 Å². The van der Waals surface area contributed by atoms with Crippen LogP contribution in [0.1, 0.15) is 56.1 Å². The predicted octanol–water partition coefficient (Wildman–Crippen LogP) is 4.66. The number of rotatable bonds is 10. The highest BCUT2D eigenvalue weighted by atomic mass is 35.5. The van der Waals surface area contributed by atoms with Gasteiger partial charge in [-0.05, 0) is 63.1 Å². The third kappa shape index (κ3) is 5.94. The smallest absolute Gasteiger partial charge is 0.253 e. The summed E-state index contributed by atoms with van der Waals surface area (Å²) in [6.07, 6.45) is 0.875. The molecule has 0 aliphatic rings. The average Bonchev–Trinajstić information content (AvgIpc) is 2.76. The molecule has 32 heavy (non-hydrogen) atoms. The summed E-state index contributed by atoms with van der Waals surface area (Å²) >= 11 is 6.22. The molecule has 176 valence electrons. The van der Waals surface area contributed by atoms with E-state index in [1.807, 2.05) is 19.9 Å². The number of halogens is 1. The molecule has 0 heterocycles. The Hall–Kier alpha value is -2.29. The van der Waals surface area contributed by atoms with Gasteiger partial charge in [-0.1, -0.05) is 24.6 Å². The Morgan fingerprint density at radius 2 is 1.81 bits per heavy atom. The molecule has 0 fully saturated rings. The number of ether oxygens (including phenoxy) is 2. The Morgan fingerprint density at radius 1 is 1.12 bits per heavy atom. The van der Waals surface area contributed by atoms with E-state index in [1.54, 1.807) is 33.1 Å². The number of benzene rings is 2. The first-order valence-electron chi connectivity index (χ1n) is 10.4. The van der Waals surface area contributed by atoms with Crippen molar-refractivity contribution in [2.75, 3.05) is 20.8 Å². The zero-order valence-corrected chi connectivity index (χ0v) is 20.9. The molecule has 1 amide bonds. The van der Waals surface area contributed by atoms with Gasteiger partial charge in [-0.15, -0.1) is 0 Å². The van der Waals surface area contributed by atoms with Gasteiger partial charge < -0.3 is 14.8 Å². The summed E-state index contributed by atoms with van der Waals surface area (Å²) in [5, 5.41) is 3.04. The van der Waals surface area contributed by atoms with Crippen molar-refractivity contribution in [2.24, 2.45) is 0 Å². The Morgan fingerprint density at radius 3 is 2.41 bits per heavy atom. The number of carbonyl (C=O) groups is 1. The van der Waals surface area contributed by atoms with Crippen LogP contribution in [0.15, 0.2) is 41.3 Å². The lowest BCUT2D eigenvalue weighted by Crippen LogP contribution is -2.33. The summed E-state index contributed by atoms with van der Waals surface area (Å²) in [5.74, 6) is 0.726. The van der Waals surface area contributed by atoms with Crippen molar-refractivity contribution in [3.05, 3.63) is 52.5 Å². The number of hydrogen-bond acceptors (Lipinski definition) is 5. The van der Waals surface area contributed by atoms with Gasteiger partial charge in [0.05, 0.1) is 35.2 Å². The van der Waals surface area contributed by atoms with Crippen LogP contribution in [0.3, 0.4) is 0 Å². The Labute approximate surface area is 195 Å². The normalized spacial score (nSPS) is 12.7. The second-order valence-electron chi connectivity index (χ2n) is 7.71. The second kappa shape index (κ2) is 11.0. The van der Waals surface area contributed by atoms with Crippen LogP contribution in [0.2, 0.25) is 5.02 Å². The first-order chi connectivity index (χ1) is 15.0. The molecule has 1 N–H and O–H groups in total. The van der Waals surface area contributed by atoms with Crippen molar-refractivity contribution < 1.29 is 22.7 Å². The van der Waals surface area contributed by atoms with E-state index in [0.29, 0.717) is 18.1 Å². The number of carbonyl (C=O) groups excluding carboxylic acids is 1. The molecule has 0 aliphatic carbocycles. The van der Waals surface area contributed by atoms with E-state index in [0.717, 1.165) is 12.0 Å². The van der Waals surface area contributed by atoms with Crippen LogP contribution in [-0.2, 0) is 10.0 Å². The van der Waals surface area contributed by atoms with E-state index in [1.165, 1.54) is 29.6 Å². The lowest BCUT2D eigenvalue weighted by molar-refractivity contribution is 0.0939. The Bertz CT molecular complexity index is 1060. The van der Waals surface area contributed by atoms with Gasteiger partial charge in [-0.3, -0.25) is 4.79 Å². The molecule has 2 rings (SSSR count). The highest BCUT2D eigenvalue weighted by Crippen LogP contribution is 2.31. The third-order valence-electron chi connectivity index (χ3n) is 5.08. The van der Waals surface area contributed by atoms with Crippen LogP contribution in [0.5, 0.6) is 11.5 Å². The minimum Gasteiger partial charge on any atom is -0.493 e. The molecule has 7 nitrogen and oxygen atoms in total. The highest BCUT2D eigenvalue weighted by molar-refractivity contribution is 7.89. The first-order valence-corrected chi connectivity index (χ1v) is 12.2. The molecule has 0 radical (unpaired) electrons. The van der Waals surface area contributed by atoms with Gasteiger partial charge >= 0.3 is 0 Å². The van der Waals surface area contributed by atoms with E-state index in [9.17, 15) is 13.2 Å². The van der Waals surface area contributed by atoms with Crippen LogP contribution in [0.25, 0.3) is 0 Å². The largest absolute Gasteiger partial charge is 0.493 e. The van der Waals surface area contributed by atoms with Crippen molar-refractivity contribution >= 4 is 27.5 Å². The lowest BCUT2D eigenvalue weighted by Gasteiger charge is -2.21. The monoisotopic (exact) mass is 482 g/mol. The van der Waals surface area contributed by atoms with Gasteiger partial charge in [0.1, 0.15) is 0 Å². The summed E-state index contributed by atoms with van der Waals surface area (Å²) < 4.78 is 37.9. The number of amides is 1. The number of methoxy groups -OCH3 is 1. The molecular formula is C23H31ClN2O5S. The van der Waals surface area contributed by atoms with Gasteiger partial charge in [0.15, 0.2) is 11.5 Å². The van der Waals surface area contributed by atoms with E-state index in [4.69, 9.17) is 21.1 Å². The Balaban J connectivity index is 2.27. The van der Waals surface area contributed by atoms with E-state index < -0.39 is 15.9 Å². The molecule has 0 aliphatic heterocycles. The molecular weight excluding hydrogens is 452 g/mol. The molecule has 1 atom stereocenters. The number of nitrogens with one attached hydrogen (secondary N) is 1. The SMILES string of the molecule is CCCOc1ccc(C(C)NC(=O)c2cc(S(=O)(=O)N(C)C(C)C)ccc2Cl)cc1OC. The molecule has 2 aromatic rings. The van der Waals surface area contributed by atoms with E-state index in [-0.39, 0.29) is 27.6 Å². The predicted molar refractivity (Wildman–Crippen MR) is 126 cm³/mol. The van der Waals surface area contributed by atoms with Gasteiger partial charge in [0.25, 0.3) is 5.91 Å². The van der Waals surface area contributed by atoms with Gasteiger partial charge in [-0.2, -0.15) is 4.31 Å². The number of nitrogens with zero attached hydrogens (tertiary/aromatic N) is 1. The fraction of sp³-hybridized carbons (Fsp3) is 0.435. The standard InChI is InChI=1S/C23H31ClN2O5S/c1-7-12-31-21-11-8-17(13-22(21)30-6)16(4)25-23(27)19-14-18(9-10-20(19)24)32(28,29)26(5)15(2)3/h8-11,13-16H,7,12H2,1-6H3,(H,25,27). The van der Waals surface area contributed by atoms with Gasteiger partial charge in [-0.25, -0.2) is 8.42 Å². The maximum atomic E-state index is 12.9. The molecule has 9 heteroatoms. The molecule has 0 saturated carbocycles. The van der Waals surface area contributed by atoms with E-state index in [2.05, 4.69) is 5.32 Å². The zero-order valence-electron chi connectivity index (χ0n) is 19.3. The van der Waals surface area contributed by atoms with Crippen LogP contribution >= 0.6 is 11.6 Å². The summed E-state index contributed by atoms with van der Waals surface area (Å²) in [6.45, 7) is 7.96. The third-order valence-corrected chi connectivity index (χ3v) is 7.44. The molecule has 0 spiro atoms. The van der Waals surface area contributed by atoms with Crippen LogP contribution in [0.4, 0.5) is 0 Å².